The summed E-state index contributed by atoms with van der Waals surface area (Å²) in [4.78, 5) is -0.208. The van der Waals surface area contributed by atoms with E-state index in [4.69, 9.17) is 10.5 Å². The SMILES string of the molecule is CCOc1ccccc1NS(=O)(=O)c1ccc(N)c(F)c1. The quantitative estimate of drug-likeness (QED) is 0.832. The minimum absolute atomic E-state index is 0.108. The Morgan fingerprint density at radius 2 is 1.95 bits per heavy atom. The Morgan fingerprint density at radius 1 is 1.24 bits per heavy atom. The highest BCUT2D eigenvalue weighted by Crippen LogP contribution is 2.27. The number of ether oxygens (including phenoxy) is 1. The Kier molecular flexibility index (Phi) is 4.32. The van der Waals surface area contributed by atoms with E-state index < -0.39 is 15.8 Å². The summed E-state index contributed by atoms with van der Waals surface area (Å²) in [7, 11) is -3.92. The van der Waals surface area contributed by atoms with Gasteiger partial charge in [-0.2, -0.15) is 0 Å². The molecular formula is C14H15FN2O3S. The summed E-state index contributed by atoms with van der Waals surface area (Å²) in [6.07, 6.45) is 0. The Balaban J connectivity index is 2.35. The van der Waals surface area contributed by atoms with Gasteiger partial charge >= 0.3 is 0 Å². The first kappa shape index (κ1) is 15.1. The minimum atomic E-state index is -3.92. The van der Waals surface area contributed by atoms with Crippen molar-refractivity contribution in [2.45, 2.75) is 11.8 Å². The molecule has 0 atom stereocenters. The van der Waals surface area contributed by atoms with E-state index in [2.05, 4.69) is 4.72 Å². The average Bonchev–Trinajstić information content (AvgIpc) is 2.44. The van der Waals surface area contributed by atoms with E-state index in [1.807, 2.05) is 0 Å². The number of benzene rings is 2. The van der Waals surface area contributed by atoms with Crippen molar-refractivity contribution in [2.24, 2.45) is 0 Å². The molecular weight excluding hydrogens is 295 g/mol. The number of halogens is 1. The molecule has 7 heteroatoms. The van der Waals surface area contributed by atoms with Gasteiger partial charge in [0, 0.05) is 0 Å². The zero-order valence-corrected chi connectivity index (χ0v) is 12.2. The highest BCUT2D eigenvalue weighted by Gasteiger charge is 2.17. The number of nitrogens with one attached hydrogen (secondary N) is 1. The first-order valence-electron chi connectivity index (χ1n) is 6.23. The topological polar surface area (TPSA) is 81.4 Å². The molecule has 2 aromatic rings. The largest absolute Gasteiger partial charge is 0.492 e. The van der Waals surface area contributed by atoms with Crippen LogP contribution in [0, 0.1) is 5.82 Å². The van der Waals surface area contributed by atoms with Gasteiger partial charge in [0.25, 0.3) is 10.0 Å². The van der Waals surface area contributed by atoms with E-state index in [-0.39, 0.29) is 16.3 Å². The molecule has 0 amide bonds. The molecule has 0 aliphatic carbocycles. The van der Waals surface area contributed by atoms with E-state index >= 15 is 0 Å². The van der Waals surface area contributed by atoms with Crippen LogP contribution in [0.3, 0.4) is 0 Å². The molecule has 5 nitrogen and oxygen atoms in total. The summed E-state index contributed by atoms with van der Waals surface area (Å²) in [6.45, 7) is 2.19. The Labute approximate surface area is 122 Å². The Morgan fingerprint density at radius 3 is 2.62 bits per heavy atom. The zero-order chi connectivity index (χ0) is 15.5. The average molecular weight is 310 g/mol. The van der Waals surface area contributed by atoms with E-state index in [9.17, 15) is 12.8 Å². The van der Waals surface area contributed by atoms with E-state index in [1.165, 1.54) is 12.1 Å². The van der Waals surface area contributed by atoms with Crippen molar-refractivity contribution in [3.05, 3.63) is 48.3 Å². The fourth-order valence-electron chi connectivity index (χ4n) is 1.71. The molecule has 2 aromatic carbocycles. The van der Waals surface area contributed by atoms with Crippen LogP contribution in [-0.2, 0) is 10.0 Å². The second-order valence-corrected chi connectivity index (χ2v) is 5.90. The van der Waals surface area contributed by atoms with E-state index in [0.29, 0.717) is 12.4 Å². The fraction of sp³-hybridized carbons (Fsp3) is 0.143. The molecule has 0 bridgehead atoms. The van der Waals surface area contributed by atoms with Gasteiger partial charge in [-0.15, -0.1) is 0 Å². The number of anilines is 2. The smallest absolute Gasteiger partial charge is 0.262 e. The molecule has 0 aliphatic rings. The van der Waals surface area contributed by atoms with Crippen molar-refractivity contribution >= 4 is 21.4 Å². The summed E-state index contributed by atoms with van der Waals surface area (Å²) in [5.41, 5.74) is 5.52. The van der Waals surface area contributed by atoms with Gasteiger partial charge in [-0.05, 0) is 37.3 Å². The molecule has 3 N–H and O–H groups in total. The third kappa shape index (κ3) is 3.43. The number of nitrogens with two attached hydrogens (primary N) is 1. The molecule has 0 unspecified atom stereocenters. The first-order chi connectivity index (χ1) is 9.94. The van der Waals surface area contributed by atoms with Gasteiger partial charge in [-0.3, -0.25) is 4.72 Å². The highest BCUT2D eigenvalue weighted by molar-refractivity contribution is 7.92. The van der Waals surface area contributed by atoms with Crippen LogP contribution < -0.4 is 15.2 Å². The van der Waals surface area contributed by atoms with Crippen LogP contribution >= 0.6 is 0 Å². The molecule has 112 valence electrons. The van der Waals surface area contributed by atoms with Crippen molar-refractivity contribution in [2.75, 3.05) is 17.1 Å². The van der Waals surface area contributed by atoms with E-state index in [1.54, 1.807) is 31.2 Å². The first-order valence-corrected chi connectivity index (χ1v) is 7.72. The number of hydrogen-bond acceptors (Lipinski definition) is 4. The van der Waals surface area contributed by atoms with Crippen molar-refractivity contribution in [1.29, 1.82) is 0 Å². The van der Waals surface area contributed by atoms with Crippen LogP contribution in [0.2, 0.25) is 0 Å². The van der Waals surface area contributed by atoms with Crippen molar-refractivity contribution in [3.63, 3.8) is 0 Å². The molecule has 21 heavy (non-hydrogen) atoms. The molecule has 0 saturated heterocycles. The predicted molar refractivity (Wildman–Crippen MR) is 79.2 cm³/mol. The van der Waals surface area contributed by atoms with Gasteiger partial charge in [-0.25, -0.2) is 12.8 Å². The minimum Gasteiger partial charge on any atom is -0.492 e. The Hall–Kier alpha value is -2.28. The lowest BCUT2D eigenvalue weighted by Gasteiger charge is -2.13. The van der Waals surface area contributed by atoms with Gasteiger partial charge in [-0.1, -0.05) is 12.1 Å². The van der Waals surface area contributed by atoms with Crippen molar-refractivity contribution in [3.8, 4) is 5.75 Å². The van der Waals surface area contributed by atoms with Crippen LogP contribution in [0.4, 0.5) is 15.8 Å². The molecule has 0 saturated carbocycles. The highest BCUT2D eigenvalue weighted by atomic mass is 32.2. The summed E-state index contributed by atoms with van der Waals surface area (Å²) >= 11 is 0. The van der Waals surface area contributed by atoms with Gasteiger partial charge in [0.05, 0.1) is 22.9 Å². The molecule has 0 heterocycles. The summed E-state index contributed by atoms with van der Waals surface area (Å²) in [5, 5.41) is 0. The fourth-order valence-corrected chi connectivity index (χ4v) is 2.79. The number of hydrogen-bond donors (Lipinski definition) is 2. The van der Waals surface area contributed by atoms with Crippen LogP contribution in [0.25, 0.3) is 0 Å². The summed E-state index contributed by atoms with van der Waals surface area (Å²) in [6, 6.07) is 9.93. The molecule has 0 aliphatic heterocycles. The lowest BCUT2D eigenvalue weighted by atomic mass is 10.3. The molecule has 2 rings (SSSR count). The summed E-state index contributed by atoms with van der Waals surface area (Å²) in [5.74, 6) is -0.379. The number of para-hydroxylation sites is 2. The van der Waals surface area contributed by atoms with Crippen molar-refractivity contribution < 1.29 is 17.5 Å². The van der Waals surface area contributed by atoms with Gasteiger partial charge < -0.3 is 10.5 Å². The predicted octanol–water partition coefficient (Wildman–Crippen LogP) is 2.61. The molecule has 0 radical (unpaired) electrons. The van der Waals surface area contributed by atoms with Crippen LogP contribution in [0.1, 0.15) is 6.92 Å². The number of sulfonamides is 1. The lowest BCUT2D eigenvalue weighted by molar-refractivity contribution is 0.342. The zero-order valence-electron chi connectivity index (χ0n) is 11.3. The standard InChI is InChI=1S/C14H15FN2O3S/c1-2-20-14-6-4-3-5-13(14)17-21(18,19)10-7-8-12(16)11(15)9-10/h3-9,17H,2,16H2,1H3. The maximum atomic E-state index is 13.4. The van der Waals surface area contributed by atoms with E-state index in [0.717, 1.165) is 6.07 Å². The lowest BCUT2D eigenvalue weighted by Crippen LogP contribution is -2.14. The van der Waals surface area contributed by atoms with Crippen LogP contribution in [0.5, 0.6) is 5.75 Å². The molecule has 0 aromatic heterocycles. The third-order valence-electron chi connectivity index (χ3n) is 2.71. The second kappa shape index (κ2) is 6.01. The maximum Gasteiger partial charge on any atom is 0.262 e. The van der Waals surface area contributed by atoms with Gasteiger partial charge in [0.2, 0.25) is 0 Å². The van der Waals surface area contributed by atoms with Gasteiger partial charge in [0.15, 0.2) is 0 Å². The number of nitrogen functional groups attached to an aromatic ring is 1. The monoisotopic (exact) mass is 310 g/mol. The second-order valence-electron chi connectivity index (χ2n) is 4.22. The molecule has 0 spiro atoms. The third-order valence-corrected chi connectivity index (χ3v) is 4.08. The number of rotatable bonds is 5. The Bertz CT molecular complexity index is 748. The normalized spacial score (nSPS) is 11.1. The van der Waals surface area contributed by atoms with Crippen molar-refractivity contribution in [1.82, 2.24) is 0 Å². The molecule has 0 fully saturated rings. The maximum absolute atomic E-state index is 13.4. The van der Waals surface area contributed by atoms with Crippen LogP contribution in [-0.4, -0.2) is 15.0 Å². The van der Waals surface area contributed by atoms with Crippen LogP contribution in [0.15, 0.2) is 47.4 Å². The summed E-state index contributed by atoms with van der Waals surface area (Å²) < 4.78 is 45.6. The van der Waals surface area contributed by atoms with Gasteiger partial charge in [0.1, 0.15) is 11.6 Å².